The lowest BCUT2D eigenvalue weighted by Gasteiger charge is -2.34. The number of hydrogen-bond donors (Lipinski definition) is 1. The van der Waals surface area contributed by atoms with Gasteiger partial charge in [-0.2, -0.15) is 0 Å². The molecular formula is C13H28N2. The lowest BCUT2D eigenvalue weighted by molar-refractivity contribution is 0.147. The lowest BCUT2D eigenvalue weighted by Crippen LogP contribution is -2.46. The molecule has 1 fully saturated rings. The van der Waals surface area contributed by atoms with Crippen LogP contribution in [0.2, 0.25) is 0 Å². The first-order valence-corrected chi connectivity index (χ1v) is 6.57. The first kappa shape index (κ1) is 13.0. The zero-order chi connectivity index (χ0) is 11.3. The van der Waals surface area contributed by atoms with Crippen molar-refractivity contribution in [2.75, 3.05) is 26.7 Å². The Morgan fingerprint density at radius 1 is 1.33 bits per heavy atom. The molecule has 1 unspecified atom stereocenters. The summed E-state index contributed by atoms with van der Waals surface area (Å²) in [5, 5.41) is 3.34. The lowest BCUT2D eigenvalue weighted by atomic mass is 10.0. The van der Waals surface area contributed by atoms with Crippen LogP contribution in [0.4, 0.5) is 0 Å². The Balaban J connectivity index is 2.46. The van der Waals surface area contributed by atoms with Crippen molar-refractivity contribution in [2.45, 2.75) is 46.1 Å². The van der Waals surface area contributed by atoms with Crippen LogP contribution >= 0.6 is 0 Å². The van der Waals surface area contributed by atoms with Gasteiger partial charge in [-0.15, -0.1) is 0 Å². The Hall–Kier alpha value is -0.0800. The van der Waals surface area contributed by atoms with Crippen molar-refractivity contribution in [2.24, 2.45) is 11.8 Å². The average molecular weight is 212 g/mol. The van der Waals surface area contributed by atoms with Crippen LogP contribution in [0, 0.1) is 11.8 Å². The monoisotopic (exact) mass is 212 g/mol. The highest BCUT2D eigenvalue weighted by Crippen LogP contribution is 2.31. The van der Waals surface area contributed by atoms with Gasteiger partial charge in [-0.1, -0.05) is 20.8 Å². The molecule has 0 spiro atoms. The summed E-state index contributed by atoms with van der Waals surface area (Å²) < 4.78 is 0. The van der Waals surface area contributed by atoms with E-state index in [2.05, 4.69) is 38.0 Å². The van der Waals surface area contributed by atoms with Crippen LogP contribution in [0.25, 0.3) is 0 Å². The number of likely N-dealkylation sites (N-methyl/N-ethyl adjacent to an activating group) is 1. The SMILES string of the molecule is CCCN(CC1CC1)C(CNC)C(C)C. The van der Waals surface area contributed by atoms with Crippen molar-refractivity contribution in [3.8, 4) is 0 Å². The van der Waals surface area contributed by atoms with Crippen molar-refractivity contribution in [1.29, 1.82) is 0 Å². The van der Waals surface area contributed by atoms with Gasteiger partial charge in [0.25, 0.3) is 0 Å². The van der Waals surface area contributed by atoms with Crippen LogP contribution in [-0.2, 0) is 0 Å². The molecule has 2 heteroatoms. The predicted octanol–water partition coefficient (Wildman–Crippen LogP) is 2.35. The van der Waals surface area contributed by atoms with E-state index in [-0.39, 0.29) is 0 Å². The number of hydrogen-bond acceptors (Lipinski definition) is 2. The van der Waals surface area contributed by atoms with E-state index >= 15 is 0 Å². The van der Waals surface area contributed by atoms with Gasteiger partial charge in [-0.25, -0.2) is 0 Å². The van der Waals surface area contributed by atoms with Crippen molar-refractivity contribution >= 4 is 0 Å². The second-order valence-corrected chi connectivity index (χ2v) is 5.31. The van der Waals surface area contributed by atoms with Gasteiger partial charge in [-0.05, 0) is 44.7 Å². The van der Waals surface area contributed by atoms with Crippen LogP contribution in [0.5, 0.6) is 0 Å². The Bertz CT molecular complexity index is 164. The second kappa shape index (κ2) is 6.49. The Morgan fingerprint density at radius 2 is 2.00 bits per heavy atom. The Labute approximate surface area is 95.4 Å². The molecule has 90 valence electrons. The van der Waals surface area contributed by atoms with Gasteiger partial charge in [0, 0.05) is 19.1 Å². The molecule has 0 aromatic rings. The molecule has 1 aliphatic carbocycles. The molecule has 0 aromatic heterocycles. The minimum atomic E-state index is 0.718. The molecule has 0 aromatic carbocycles. The van der Waals surface area contributed by atoms with Gasteiger partial charge in [0.1, 0.15) is 0 Å². The summed E-state index contributed by atoms with van der Waals surface area (Å²) in [6, 6.07) is 0.718. The van der Waals surface area contributed by atoms with Crippen LogP contribution in [-0.4, -0.2) is 37.6 Å². The minimum Gasteiger partial charge on any atom is -0.318 e. The summed E-state index contributed by atoms with van der Waals surface area (Å²) >= 11 is 0. The number of rotatable bonds is 8. The predicted molar refractivity (Wildman–Crippen MR) is 67.1 cm³/mol. The van der Waals surface area contributed by atoms with Gasteiger partial charge >= 0.3 is 0 Å². The van der Waals surface area contributed by atoms with Gasteiger partial charge in [0.05, 0.1) is 0 Å². The van der Waals surface area contributed by atoms with E-state index in [1.54, 1.807) is 0 Å². The highest BCUT2D eigenvalue weighted by molar-refractivity contribution is 4.83. The molecule has 1 N–H and O–H groups in total. The standard InChI is InChI=1S/C13H28N2/c1-5-8-15(10-12-6-7-12)13(9-14-4)11(2)3/h11-14H,5-10H2,1-4H3. The Morgan fingerprint density at radius 3 is 2.40 bits per heavy atom. The molecule has 0 saturated heterocycles. The summed E-state index contributed by atoms with van der Waals surface area (Å²) in [4.78, 5) is 2.71. The molecule has 0 aliphatic heterocycles. The van der Waals surface area contributed by atoms with Crippen LogP contribution in [0.15, 0.2) is 0 Å². The molecule has 15 heavy (non-hydrogen) atoms. The molecular weight excluding hydrogens is 184 g/mol. The first-order valence-electron chi connectivity index (χ1n) is 6.57. The number of nitrogens with one attached hydrogen (secondary N) is 1. The highest BCUT2D eigenvalue weighted by atomic mass is 15.2. The molecule has 0 bridgehead atoms. The second-order valence-electron chi connectivity index (χ2n) is 5.31. The maximum atomic E-state index is 3.34. The molecule has 2 nitrogen and oxygen atoms in total. The van der Waals surface area contributed by atoms with Gasteiger partial charge in [-0.3, -0.25) is 4.90 Å². The largest absolute Gasteiger partial charge is 0.318 e. The zero-order valence-electron chi connectivity index (χ0n) is 10.9. The highest BCUT2D eigenvalue weighted by Gasteiger charge is 2.28. The molecule has 1 aliphatic rings. The third kappa shape index (κ3) is 4.52. The fourth-order valence-corrected chi connectivity index (χ4v) is 2.31. The van der Waals surface area contributed by atoms with Crippen LogP contribution in [0.3, 0.4) is 0 Å². The molecule has 0 amide bonds. The van der Waals surface area contributed by atoms with Crippen molar-refractivity contribution < 1.29 is 0 Å². The third-order valence-corrected chi connectivity index (χ3v) is 3.35. The molecule has 1 saturated carbocycles. The summed E-state index contributed by atoms with van der Waals surface area (Å²) in [5.41, 5.74) is 0. The first-order chi connectivity index (χ1) is 7.19. The van der Waals surface area contributed by atoms with Crippen LogP contribution in [0.1, 0.15) is 40.0 Å². The average Bonchev–Trinajstić information content (AvgIpc) is 2.97. The molecule has 1 rings (SSSR count). The van der Waals surface area contributed by atoms with E-state index in [1.807, 2.05) is 0 Å². The summed E-state index contributed by atoms with van der Waals surface area (Å²) in [6.07, 6.45) is 4.20. The van der Waals surface area contributed by atoms with Gasteiger partial charge < -0.3 is 5.32 Å². The summed E-state index contributed by atoms with van der Waals surface area (Å²) in [5.74, 6) is 1.76. The van der Waals surface area contributed by atoms with E-state index in [1.165, 1.54) is 32.4 Å². The van der Waals surface area contributed by atoms with E-state index < -0.39 is 0 Å². The zero-order valence-corrected chi connectivity index (χ0v) is 10.9. The maximum absolute atomic E-state index is 3.34. The van der Waals surface area contributed by atoms with E-state index in [9.17, 15) is 0 Å². The van der Waals surface area contributed by atoms with Crippen molar-refractivity contribution in [3.63, 3.8) is 0 Å². The fourth-order valence-electron chi connectivity index (χ4n) is 2.31. The van der Waals surface area contributed by atoms with Crippen molar-refractivity contribution in [1.82, 2.24) is 10.2 Å². The van der Waals surface area contributed by atoms with Crippen LogP contribution < -0.4 is 5.32 Å². The van der Waals surface area contributed by atoms with Gasteiger partial charge in [0.15, 0.2) is 0 Å². The van der Waals surface area contributed by atoms with E-state index in [0.29, 0.717) is 0 Å². The quantitative estimate of drug-likeness (QED) is 0.664. The maximum Gasteiger partial charge on any atom is 0.0243 e. The third-order valence-electron chi connectivity index (χ3n) is 3.35. The normalized spacial score (nSPS) is 18.8. The fraction of sp³-hybridized carbons (Fsp3) is 1.00. The van der Waals surface area contributed by atoms with Gasteiger partial charge in [0.2, 0.25) is 0 Å². The Kier molecular flexibility index (Phi) is 5.62. The summed E-state index contributed by atoms with van der Waals surface area (Å²) in [6.45, 7) is 10.7. The van der Waals surface area contributed by atoms with E-state index in [4.69, 9.17) is 0 Å². The number of nitrogens with zero attached hydrogens (tertiary/aromatic N) is 1. The van der Waals surface area contributed by atoms with E-state index in [0.717, 1.165) is 24.4 Å². The molecule has 1 atom stereocenters. The van der Waals surface area contributed by atoms with Crippen molar-refractivity contribution in [3.05, 3.63) is 0 Å². The molecule has 0 radical (unpaired) electrons. The minimum absolute atomic E-state index is 0.718. The smallest absolute Gasteiger partial charge is 0.0243 e. The topological polar surface area (TPSA) is 15.3 Å². The molecule has 0 heterocycles. The summed E-state index contributed by atoms with van der Waals surface area (Å²) in [7, 11) is 2.07.